The van der Waals surface area contributed by atoms with E-state index in [1.807, 2.05) is 24.6 Å². The number of aryl methyl sites for hydroxylation is 2. The second-order valence-corrected chi connectivity index (χ2v) is 6.63. The highest BCUT2D eigenvalue weighted by Crippen LogP contribution is 2.32. The summed E-state index contributed by atoms with van der Waals surface area (Å²) in [5, 5.41) is 4.52. The number of likely N-dealkylation sites (tertiary alicyclic amines) is 1. The van der Waals surface area contributed by atoms with Gasteiger partial charge in [-0.15, -0.1) is 0 Å². The van der Waals surface area contributed by atoms with Gasteiger partial charge in [0.1, 0.15) is 24.9 Å². The number of benzene rings is 1. The van der Waals surface area contributed by atoms with Crippen molar-refractivity contribution in [2.75, 3.05) is 19.8 Å². The zero-order valence-corrected chi connectivity index (χ0v) is 14.4. The van der Waals surface area contributed by atoms with Crippen LogP contribution in [0.3, 0.4) is 0 Å². The van der Waals surface area contributed by atoms with Crippen LogP contribution >= 0.6 is 0 Å². The molecule has 1 aromatic heterocycles. The molecule has 2 aliphatic heterocycles. The molecule has 0 spiro atoms. The molecule has 1 atom stereocenters. The second-order valence-electron chi connectivity index (χ2n) is 6.63. The Morgan fingerprint density at radius 3 is 2.79 bits per heavy atom. The molecular weight excluding hydrogens is 304 g/mol. The largest absolute Gasteiger partial charge is 0.486 e. The molecule has 1 aromatic carbocycles. The van der Waals surface area contributed by atoms with Crippen LogP contribution in [0, 0.1) is 13.8 Å². The summed E-state index contributed by atoms with van der Waals surface area (Å²) in [6, 6.07) is 6.81. The summed E-state index contributed by atoms with van der Waals surface area (Å²) in [4.78, 5) is 6.96. The Kier molecular flexibility index (Phi) is 4.14. The molecule has 1 saturated heterocycles. The van der Waals surface area contributed by atoms with E-state index in [4.69, 9.17) is 9.47 Å². The Hall–Kier alpha value is -2.08. The molecule has 6 nitrogen and oxygen atoms in total. The number of hydrogen-bond acceptors (Lipinski definition) is 5. The smallest absolute Gasteiger partial charge is 0.161 e. The molecule has 1 fully saturated rings. The van der Waals surface area contributed by atoms with E-state index in [1.165, 1.54) is 18.4 Å². The van der Waals surface area contributed by atoms with Gasteiger partial charge < -0.3 is 9.47 Å². The van der Waals surface area contributed by atoms with E-state index in [9.17, 15) is 0 Å². The average Bonchev–Trinajstić information content (AvgIpc) is 3.14. The van der Waals surface area contributed by atoms with E-state index < -0.39 is 0 Å². The summed E-state index contributed by atoms with van der Waals surface area (Å²) in [5.41, 5.74) is 1.28. The summed E-state index contributed by atoms with van der Waals surface area (Å²) >= 11 is 0. The molecule has 1 unspecified atom stereocenters. The highest BCUT2D eigenvalue weighted by atomic mass is 16.6. The number of hydrogen-bond donors (Lipinski definition) is 0. The van der Waals surface area contributed by atoms with Gasteiger partial charge in [-0.1, -0.05) is 6.07 Å². The predicted octanol–water partition coefficient (Wildman–Crippen LogP) is 2.33. The first kappa shape index (κ1) is 15.4. The summed E-state index contributed by atoms with van der Waals surface area (Å²) in [5.74, 6) is 3.58. The number of rotatable bonds is 4. The normalized spacial score (nSPS) is 20.5. The van der Waals surface area contributed by atoms with Crippen LogP contribution in [0.2, 0.25) is 0 Å². The minimum atomic E-state index is 0.512. The topological polar surface area (TPSA) is 52.4 Å². The van der Waals surface area contributed by atoms with E-state index in [0.29, 0.717) is 19.3 Å². The summed E-state index contributed by atoms with van der Waals surface area (Å²) < 4.78 is 13.4. The van der Waals surface area contributed by atoms with Crippen molar-refractivity contribution >= 4 is 0 Å². The zero-order valence-electron chi connectivity index (χ0n) is 14.4. The Labute approximate surface area is 142 Å². The van der Waals surface area contributed by atoms with Gasteiger partial charge in [-0.2, -0.15) is 5.10 Å². The van der Waals surface area contributed by atoms with Crippen molar-refractivity contribution in [3.8, 4) is 11.5 Å². The third-order valence-electron chi connectivity index (χ3n) is 4.84. The van der Waals surface area contributed by atoms with Gasteiger partial charge >= 0.3 is 0 Å². The highest BCUT2D eigenvalue weighted by Gasteiger charge is 2.26. The lowest BCUT2D eigenvalue weighted by atomic mass is 10.1. The van der Waals surface area contributed by atoms with Gasteiger partial charge in [0.25, 0.3) is 0 Å². The van der Waals surface area contributed by atoms with Crippen LogP contribution in [0.5, 0.6) is 11.5 Å². The lowest BCUT2D eigenvalue weighted by Crippen LogP contribution is -2.33. The molecule has 2 aliphatic rings. The molecule has 0 radical (unpaired) electrons. The first-order chi connectivity index (χ1) is 11.7. The van der Waals surface area contributed by atoms with E-state index in [0.717, 1.165) is 42.8 Å². The maximum Gasteiger partial charge on any atom is 0.161 e. The first-order valence-electron chi connectivity index (χ1n) is 8.69. The Morgan fingerprint density at radius 2 is 2.00 bits per heavy atom. The van der Waals surface area contributed by atoms with Crippen LogP contribution in [0.4, 0.5) is 0 Å². The van der Waals surface area contributed by atoms with E-state index in [1.54, 1.807) is 0 Å². The molecule has 128 valence electrons. The summed E-state index contributed by atoms with van der Waals surface area (Å²) in [6.45, 7) is 8.23. The van der Waals surface area contributed by atoms with Gasteiger partial charge in [-0.05, 0) is 50.9 Å². The fourth-order valence-corrected chi connectivity index (χ4v) is 3.66. The van der Waals surface area contributed by atoms with Gasteiger partial charge in [0.05, 0.1) is 6.54 Å². The number of ether oxygens (including phenoxy) is 2. The number of nitrogens with zero attached hydrogens (tertiary/aromatic N) is 4. The molecule has 0 aliphatic carbocycles. The SMILES string of the molecule is Cc1nc(C)n(CC2CCCN2Cc2ccc3c(c2)OCCO3)n1. The van der Waals surface area contributed by atoms with Crippen LogP contribution in [0.1, 0.15) is 30.1 Å². The monoisotopic (exact) mass is 328 g/mol. The molecular formula is C18H24N4O2. The maximum atomic E-state index is 5.70. The third-order valence-corrected chi connectivity index (χ3v) is 4.84. The quantitative estimate of drug-likeness (QED) is 0.862. The Balaban J connectivity index is 1.46. The van der Waals surface area contributed by atoms with Crippen LogP contribution in [0.25, 0.3) is 0 Å². The molecule has 0 bridgehead atoms. The molecule has 0 saturated carbocycles. The van der Waals surface area contributed by atoms with Gasteiger partial charge in [0, 0.05) is 12.6 Å². The average molecular weight is 328 g/mol. The Morgan fingerprint density at radius 1 is 1.17 bits per heavy atom. The van der Waals surface area contributed by atoms with Crippen LogP contribution < -0.4 is 9.47 Å². The van der Waals surface area contributed by atoms with Gasteiger partial charge in [-0.3, -0.25) is 4.90 Å². The molecule has 6 heteroatoms. The van der Waals surface area contributed by atoms with Crippen molar-refractivity contribution in [2.45, 2.75) is 45.8 Å². The summed E-state index contributed by atoms with van der Waals surface area (Å²) in [6.07, 6.45) is 2.45. The van der Waals surface area contributed by atoms with Gasteiger partial charge in [-0.25, -0.2) is 9.67 Å². The maximum absolute atomic E-state index is 5.70. The molecule has 24 heavy (non-hydrogen) atoms. The van der Waals surface area contributed by atoms with Crippen LogP contribution in [-0.4, -0.2) is 45.5 Å². The summed E-state index contributed by atoms with van der Waals surface area (Å²) in [7, 11) is 0. The van der Waals surface area contributed by atoms with Crippen molar-refractivity contribution in [2.24, 2.45) is 0 Å². The fraction of sp³-hybridized carbons (Fsp3) is 0.556. The second kappa shape index (κ2) is 6.43. The van der Waals surface area contributed by atoms with Gasteiger partial charge in [0.15, 0.2) is 11.5 Å². The highest BCUT2D eigenvalue weighted by molar-refractivity contribution is 5.43. The van der Waals surface area contributed by atoms with Crippen molar-refractivity contribution in [1.29, 1.82) is 0 Å². The minimum absolute atomic E-state index is 0.512. The molecule has 0 N–H and O–H groups in total. The molecule has 3 heterocycles. The van der Waals surface area contributed by atoms with Crippen molar-refractivity contribution in [3.63, 3.8) is 0 Å². The number of fused-ring (bicyclic) bond motifs is 1. The van der Waals surface area contributed by atoms with E-state index >= 15 is 0 Å². The van der Waals surface area contributed by atoms with Crippen molar-refractivity contribution < 1.29 is 9.47 Å². The number of aromatic nitrogens is 3. The van der Waals surface area contributed by atoms with Crippen molar-refractivity contribution in [1.82, 2.24) is 19.7 Å². The minimum Gasteiger partial charge on any atom is -0.486 e. The van der Waals surface area contributed by atoms with E-state index in [-0.39, 0.29) is 0 Å². The fourth-order valence-electron chi connectivity index (χ4n) is 3.66. The molecule has 0 amide bonds. The first-order valence-corrected chi connectivity index (χ1v) is 8.69. The molecule has 2 aromatic rings. The lowest BCUT2D eigenvalue weighted by molar-refractivity contribution is 0.170. The zero-order chi connectivity index (χ0) is 16.5. The Bertz CT molecular complexity index is 728. The van der Waals surface area contributed by atoms with Crippen molar-refractivity contribution in [3.05, 3.63) is 35.4 Å². The van der Waals surface area contributed by atoms with Crippen LogP contribution in [-0.2, 0) is 13.1 Å². The standard InChI is InChI=1S/C18H24N4O2/c1-13-19-14(2)22(20-13)12-16-4-3-7-21(16)11-15-5-6-17-18(10-15)24-9-8-23-17/h5-6,10,16H,3-4,7-9,11-12H2,1-2H3. The third kappa shape index (κ3) is 3.11. The van der Waals surface area contributed by atoms with Gasteiger partial charge in [0.2, 0.25) is 0 Å². The lowest BCUT2D eigenvalue weighted by Gasteiger charge is -2.25. The van der Waals surface area contributed by atoms with Crippen LogP contribution in [0.15, 0.2) is 18.2 Å². The predicted molar refractivity (Wildman–Crippen MR) is 90.4 cm³/mol. The molecule has 4 rings (SSSR count). The van der Waals surface area contributed by atoms with E-state index in [2.05, 4.69) is 27.1 Å².